The number of H-pyrrole nitrogens is 1. The van der Waals surface area contributed by atoms with Gasteiger partial charge in [0.1, 0.15) is 0 Å². The van der Waals surface area contributed by atoms with Crippen LogP contribution in [-0.4, -0.2) is 33.3 Å². The van der Waals surface area contributed by atoms with Crippen LogP contribution in [0.2, 0.25) is 0 Å². The van der Waals surface area contributed by atoms with Crippen LogP contribution in [0.15, 0.2) is 24.4 Å². The summed E-state index contributed by atoms with van der Waals surface area (Å²) < 4.78 is 0. The largest absolute Gasteiger partial charge is 0.319 e. The van der Waals surface area contributed by atoms with Gasteiger partial charge in [0.25, 0.3) is 0 Å². The van der Waals surface area contributed by atoms with Crippen molar-refractivity contribution in [3.63, 3.8) is 0 Å². The SMILES string of the molecule is C=CN1CCC(C(=O)[C@]23CCC(C)(C)CC2C2=CCC4[C@@]5(C)Cc6c(n[nH]c6C)C(C)(C)C5CC[C@@]4(C)[C@]2(C)CC3)C1=O. The molecule has 0 spiro atoms. The Morgan fingerprint density at radius 1 is 1.02 bits per heavy atom. The first-order valence-electron chi connectivity index (χ1n) is 17.3. The molecule has 4 unspecified atom stereocenters. The van der Waals surface area contributed by atoms with E-state index >= 15 is 0 Å². The van der Waals surface area contributed by atoms with E-state index in [1.165, 1.54) is 29.8 Å². The van der Waals surface area contributed by atoms with E-state index in [2.05, 4.69) is 73.1 Å². The normalized spacial score (nSPS) is 44.3. The zero-order valence-corrected chi connectivity index (χ0v) is 28.2. The fourth-order valence-corrected chi connectivity index (χ4v) is 12.7. The number of allylic oxidation sites excluding steroid dienone is 2. The van der Waals surface area contributed by atoms with Crippen molar-refractivity contribution in [3.8, 4) is 0 Å². The maximum Gasteiger partial charge on any atom is 0.237 e. The summed E-state index contributed by atoms with van der Waals surface area (Å²) >= 11 is 0. The molecule has 234 valence electrons. The number of aryl methyl sites for hydroxylation is 1. The number of hydrogen-bond acceptors (Lipinski definition) is 3. The van der Waals surface area contributed by atoms with Gasteiger partial charge in [-0.3, -0.25) is 14.7 Å². The van der Waals surface area contributed by atoms with E-state index in [-0.39, 0.29) is 44.7 Å². The van der Waals surface area contributed by atoms with E-state index in [1.807, 2.05) is 0 Å². The molecule has 4 fully saturated rings. The van der Waals surface area contributed by atoms with Crippen molar-refractivity contribution in [2.45, 2.75) is 125 Å². The minimum absolute atomic E-state index is 0.0176. The van der Waals surface area contributed by atoms with Gasteiger partial charge in [-0.1, -0.05) is 66.7 Å². The average Bonchev–Trinajstić information content (AvgIpc) is 3.50. The molecule has 3 saturated carbocycles. The highest BCUT2D eigenvalue weighted by molar-refractivity contribution is 6.06. The molecule has 1 amide bonds. The van der Waals surface area contributed by atoms with E-state index in [1.54, 1.807) is 16.7 Å². The highest BCUT2D eigenvalue weighted by atomic mass is 16.2. The van der Waals surface area contributed by atoms with E-state index in [9.17, 15) is 9.59 Å². The van der Waals surface area contributed by atoms with Crippen LogP contribution in [0, 0.1) is 57.7 Å². The van der Waals surface area contributed by atoms with Gasteiger partial charge >= 0.3 is 0 Å². The number of fused-ring (bicyclic) bond motifs is 8. The molecule has 1 aromatic rings. The number of Topliss-reactive ketones (excluding diaryl/α,β-unsaturated/α-hetero) is 1. The summed E-state index contributed by atoms with van der Waals surface area (Å²) in [4.78, 5) is 29.7. The monoisotopic (exact) mass is 585 g/mol. The first-order valence-corrected chi connectivity index (χ1v) is 17.3. The molecule has 0 bridgehead atoms. The number of aromatic amines is 1. The Morgan fingerprint density at radius 2 is 1.74 bits per heavy atom. The minimum atomic E-state index is -0.496. The summed E-state index contributed by atoms with van der Waals surface area (Å²) in [5.74, 6) is 1.17. The molecular weight excluding hydrogens is 530 g/mol. The smallest absolute Gasteiger partial charge is 0.237 e. The lowest BCUT2D eigenvalue weighted by molar-refractivity contribution is -0.169. The Balaban J connectivity index is 1.31. The molecule has 5 aliphatic carbocycles. The van der Waals surface area contributed by atoms with E-state index in [0.717, 1.165) is 44.9 Å². The fourth-order valence-electron chi connectivity index (χ4n) is 12.7. The van der Waals surface area contributed by atoms with Gasteiger partial charge in [0.2, 0.25) is 5.91 Å². The number of rotatable bonds is 3. The second kappa shape index (κ2) is 8.97. The third-order valence-corrected chi connectivity index (χ3v) is 15.3. The quantitative estimate of drug-likeness (QED) is 0.288. The molecule has 8 atom stereocenters. The fraction of sp³-hybridized carbons (Fsp3) is 0.763. The Kier molecular flexibility index (Phi) is 6.16. The van der Waals surface area contributed by atoms with Crippen molar-refractivity contribution in [2.75, 3.05) is 6.54 Å². The molecule has 1 aliphatic heterocycles. The lowest BCUT2D eigenvalue weighted by atomic mass is 9.33. The Bertz CT molecular complexity index is 1430. The molecule has 0 aromatic carbocycles. The van der Waals surface area contributed by atoms with Crippen LogP contribution in [0.4, 0.5) is 0 Å². The molecule has 0 radical (unpaired) electrons. The average molecular weight is 586 g/mol. The van der Waals surface area contributed by atoms with Crippen LogP contribution in [0.1, 0.15) is 123 Å². The molecule has 43 heavy (non-hydrogen) atoms. The van der Waals surface area contributed by atoms with Gasteiger partial charge < -0.3 is 4.90 Å². The third-order valence-electron chi connectivity index (χ3n) is 15.3. The van der Waals surface area contributed by atoms with Crippen LogP contribution in [0.5, 0.6) is 0 Å². The molecular formula is C38H55N3O2. The van der Waals surface area contributed by atoms with Crippen molar-refractivity contribution in [3.05, 3.63) is 41.4 Å². The maximum absolute atomic E-state index is 14.7. The molecule has 7 rings (SSSR count). The predicted octanol–water partition coefficient (Wildman–Crippen LogP) is 8.09. The first-order chi connectivity index (χ1) is 20.1. The number of hydrogen-bond donors (Lipinski definition) is 1. The van der Waals surface area contributed by atoms with Gasteiger partial charge in [-0.25, -0.2) is 0 Å². The Hall–Kier alpha value is -2.17. The summed E-state index contributed by atoms with van der Waals surface area (Å²) in [6.45, 7) is 24.2. The molecule has 5 heteroatoms. The van der Waals surface area contributed by atoms with Crippen LogP contribution < -0.4 is 0 Å². The van der Waals surface area contributed by atoms with Crippen LogP contribution in [0.3, 0.4) is 0 Å². The van der Waals surface area contributed by atoms with Crippen LogP contribution in [0.25, 0.3) is 0 Å². The molecule has 2 heterocycles. The first kappa shape index (κ1) is 29.5. The highest BCUT2D eigenvalue weighted by Crippen LogP contribution is 2.75. The molecule has 6 aliphatic rings. The Labute approximate surface area is 259 Å². The van der Waals surface area contributed by atoms with Gasteiger partial charge in [-0.15, -0.1) is 0 Å². The van der Waals surface area contributed by atoms with E-state index in [4.69, 9.17) is 5.10 Å². The van der Waals surface area contributed by atoms with Gasteiger partial charge in [0, 0.05) is 23.1 Å². The lowest BCUT2D eigenvalue weighted by Gasteiger charge is -2.70. The molecule has 1 saturated heterocycles. The van der Waals surface area contributed by atoms with Gasteiger partial charge in [-0.05, 0) is 122 Å². The summed E-state index contributed by atoms with van der Waals surface area (Å²) in [5.41, 5.74) is 5.88. The summed E-state index contributed by atoms with van der Waals surface area (Å²) in [7, 11) is 0. The number of likely N-dealkylation sites (tertiary alicyclic amines) is 1. The lowest BCUT2D eigenvalue weighted by Crippen LogP contribution is -2.65. The predicted molar refractivity (Wildman–Crippen MR) is 171 cm³/mol. The molecule has 1 aromatic heterocycles. The molecule has 5 nitrogen and oxygen atoms in total. The van der Waals surface area contributed by atoms with Gasteiger partial charge in [0.05, 0.1) is 11.6 Å². The summed E-state index contributed by atoms with van der Waals surface area (Å²) in [6, 6.07) is 0. The van der Waals surface area contributed by atoms with Crippen LogP contribution >= 0.6 is 0 Å². The van der Waals surface area contributed by atoms with Crippen molar-refractivity contribution in [2.24, 2.45) is 50.7 Å². The summed E-state index contributed by atoms with van der Waals surface area (Å²) in [5, 5.41) is 8.22. The van der Waals surface area contributed by atoms with Crippen molar-refractivity contribution in [1.29, 1.82) is 0 Å². The molecule has 1 N–H and O–H groups in total. The second-order valence-corrected chi connectivity index (χ2v) is 17.9. The number of nitrogens with zero attached hydrogens (tertiary/aromatic N) is 2. The second-order valence-electron chi connectivity index (χ2n) is 17.9. The number of aromatic nitrogens is 2. The summed E-state index contributed by atoms with van der Waals surface area (Å²) in [6.07, 6.45) is 14.6. The standard InChI is InChI=1S/C38H55N3O2/c1-10-41-20-14-24(32(41)43)31(42)38-18-16-33(3,4)22-27(38)26-11-12-29-35(7)21-25-23(2)39-40-30(25)34(5,6)28(35)13-15-37(29,9)36(26,8)17-19-38/h10-11,24,27-29H,1,12-22H2,2-9H3,(H,39,40)/t24?,27?,28?,29?,35-,36+,37+,38-/m0/s1. The minimum Gasteiger partial charge on any atom is -0.319 e. The van der Waals surface area contributed by atoms with Crippen molar-refractivity contribution < 1.29 is 9.59 Å². The zero-order chi connectivity index (χ0) is 31.0. The number of carbonyl (C=O) groups is 2. The number of nitrogens with one attached hydrogen (secondary N) is 1. The van der Waals surface area contributed by atoms with Crippen LogP contribution in [-0.2, 0) is 21.4 Å². The zero-order valence-electron chi connectivity index (χ0n) is 28.2. The number of ketones is 1. The Morgan fingerprint density at radius 3 is 2.44 bits per heavy atom. The maximum atomic E-state index is 14.7. The van der Waals surface area contributed by atoms with Crippen molar-refractivity contribution >= 4 is 11.7 Å². The van der Waals surface area contributed by atoms with Gasteiger partial charge in [-0.2, -0.15) is 5.10 Å². The van der Waals surface area contributed by atoms with E-state index in [0.29, 0.717) is 24.8 Å². The van der Waals surface area contributed by atoms with Gasteiger partial charge in [0.15, 0.2) is 5.78 Å². The number of amides is 1. The van der Waals surface area contributed by atoms with Crippen molar-refractivity contribution in [1.82, 2.24) is 15.1 Å². The van der Waals surface area contributed by atoms with E-state index < -0.39 is 11.3 Å². The third kappa shape index (κ3) is 3.60. The highest BCUT2D eigenvalue weighted by Gasteiger charge is 2.69. The number of carbonyl (C=O) groups excluding carboxylic acids is 2. The topological polar surface area (TPSA) is 66.1 Å².